The molecule has 6 heteroatoms. The SMILES string of the molecule is CCCCn1nnnc1NCc1c(OCc2ccccc2C)ccc2ccccc12. The molecule has 1 aromatic heterocycles. The first-order chi connectivity index (χ1) is 14.8. The fourth-order valence-corrected chi connectivity index (χ4v) is 3.52. The van der Waals surface area contributed by atoms with E-state index in [1.807, 2.05) is 16.8 Å². The molecule has 0 aliphatic carbocycles. The third-order valence-electron chi connectivity index (χ3n) is 5.32. The molecule has 0 bridgehead atoms. The number of nitrogens with zero attached hydrogens (tertiary/aromatic N) is 4. The van der Waals surface area contributed by atoms with Gasteiger partial charge in [0.25, 0.3) is 0 Å². The van der Waals surface area contributed by atoms with Crippen LogP contribution < -0.4 is 10.1 Å². The van der Waals surface area contributed by atoms with Gasteiger partial charge in [0.15, 0.2) is 0 Å². The largest absolute Gasteiger partial charge is 0.489 e. The highest BCUT2D eigenvalue weighted by Crippen LogP contribution is 2.29. The van der Waals surface area contributed by atoms with Gasteiger partial charge in [-0.05, 0) is 51.7 Å². The van der Waals surface area contributed by atoms with E-state index in [2.05, 4.69) is 83.2 Å². The minimum Gasteiger partial charge on any atom is -0.489 e. The molecule has 0 fully saturated rings. The molecule has 1 heterocycles. The molecule has 0 aliphatic heterocycles. The summed E-state index contributed by atoms with van der Waals surface area (Å²) < 4.78 is 8.10. The number of aromatic nitrogens is 4. The molecule has 4 aromatic rings. The molecular formula is C24H27N5O. The predicted molar refractivity (Wildman–Crippen MR) is 120 cm³/mol. The Hall–Kier alpha value is -3.41. The summed E-state index contributed by atoms with van der Waals surface area (Å²) in [6.07, 6.45) is 2.14. The lowest BCUT2D eigenvalue weighted by Crippen LogP contribution is -2.10. The van der Waals surface area contributed by atoms with Crippen molar-refractivity contribution in [2.45, 2.75) is 46.4 Å². The van der Waals surface area contributed by atoms with Crippen molar-refractivity contribution >= 4 is 16.7 Å². The Bertz CT molecular complexity index is 1120. The monoisotopic (exact) mass is 401 g/mol. The maximum absolute atomic E-state index is 6.28. The summed E-state index contributed by atoms with van der Waals surface area (Å²) in [7, 11) is 0. The Morgan fingerprint density at radius 1 is 1.00 bits per heavy atom. The van der Waals surface area contributed by atoms with E-state index in [4.69, 9.17) is 4.74 Å². The van der Waals surface area contributed by atoms with Crippen LogP contribution in [0.15, 0.2) is 60.7 Å². The van der Waals surface area contributed by atoms with Gasteiger partial charge in [0.05, 0.1) is 0 Å². The first-order valence-electron chi connectivity index (χ1n) is 10.4. The van der Waals surface area contributed by atoms with Gasteiger partial charge in [-0.1, -0.05) is 73.0 Å². The zero-order valence-electron chi connectivity index (χ0n) is 17.5. The van der Waals surface area contributed by atoms with Crippen molar-refractivity contribution in [1.82, 2.24) is 20.2 Å². The standard InChI is InChI=1S/C24H27N5O/c1-3-4-15-29-24(26-27-28-29)25-16-22-21-12-8-7-10-19(21)13-14-23(22)30-17-20-11-6-5-9-18(20)2/h5-14H,3-4,15-17H2,1-2H3,(H,25,26,28). The molecule has 3 aromatic carbocycles. The highest BCUT2D eigenvalue weighted by molar-refractivity contribution is 5.88. The number of rotatable bonds is 9. The van der Waals surface area contributed by atoms with Crippen molar-refractivity contribution in [2.24, 2.45) is 0 Å². The van der Waals surface area contributed by atoms with Gasteiger partial charge in [-0.3, -0.25) is 0 Å². The molecule has 0 aliphatic rings. The number of anilines is 1. The van der Waals surface area contributed by atoms with Crippen LogP contribution in [0.1, 0.15) is 36.5 Å². The van der Waals surface area contributed by atoms with Crippen molar-refractivity contribution in [3.63, 3.8) is 0 Å². The summed E-state index contributed by atoms with van der Waals surface area (Å²) in [4.78, 5) is 0. The maximum Gasteiger partial charge on any atom is 0.243 e. The van der Waals surface area contributed by atoms with Gasteiger partial charge in [-0.15, -0.1) is 0 Å². The van der Waals surface area contributed by atoms with Crippen LogP contribution in [0, 0.1) is 6.92 Å². The summed E-state index contributed by atoms with van der Waals surface area (Å²) >= 11 is 0. The second-order valence-corrected chi connectivity index (χ2v) is 7.41. The minimum atomic E-state index is 0.534. The Kier molecular flexibility index (Phi) is 6.23. The molecule has 6 nitrogen and oxygen atoms in total. The smallest absolute Gasteiger partial charge is 0.243 e. The van der Waals surface area contributed by atoms with Gasteiger partial charge in [0, 0.05) is 18.7 Å². The second-order valence-electron chi connectivity index (χ2n) is 7.41. The Morgan fingerprint density at radius 3 is 2.70 bits per heavy atom. The van der Waals surface area contributed by atoms with E-state index in [0.29, 0.717) is 19.1 Å². The van der Waals surface area contributed by atoms with E-state index in [0.717, 1.165) is 30.7 Å². The lowest BCUT2D eigenvalue weighted by molar-refractivity contribution is 0.303. The molecule has 154 valence electrons. The van der Waals surface area contributed by atoms with Crippen molar-refractivity contribution in [1.29, 1.82) is 0 Å². The lowest BCUT2D eigenvalue weighted by atomic mass is 10.0. The molecule has 30 heavy (non-hydrogen) atoms. The number of unbranched alkanes of at least 4 members (excludes halogenated alkanes) is 1. The molecular weight excluding hydrogens is 374 g/mol. The van der Waals surface area contributed by atoms with Crippen molar-refractivity contribution in [3.05, 3.63) is 77.4 Å². The average Bonchev–Trinajstić information content (AvgIpc) is 3.23. The van der Waals surface area contributed by atoms with Crippen LogP contribution in [0.4, 0.5) is 5.95 Å². The fourth-order valence-electron chi connectivity index (χ4n) is 3.52. The average molecular weight is 402 g/mol. The molecule has 0 amide bonds. The van der Waals surface area contributed by atoms with Crippen molar-refractivity contribution < 1.29 is 4.74 Å². The van der Waals surface area contributed by atoms with Crippen molar-refractivity contribution in [3.8, 4) is 5.75 Å². The normalized spacial score (nSPS) is 11.0. The number of aryl methyl sites for hydroxylation is 2. The number of ether oxygens (including phenoxy) is 1. The van der Waals surface area contributed by atoms with Gasteiger partial charge >= 0.3 is 0 Å². The van der Waals surface area contributed by atoms with Crippen LogP contribution in [0.25, 0.3) is 10.8 Å². The van der Waals surface area contributed by atoms with Crippen LogP contribution in [0.2, 0.25) is 0 Å². The summed E-state index contributed by atoms with van der Waals surface area (Å²) in [5.74, 6) is 1.55. The van der Waals surface area contributed by atoms with Gasteiger partial charge in [-0.2, -0.15) is 0 Å². The molecule has 4 rings (SSSR count). The number of hydrogen-bond acceptors (Lipinski definition) is 5. The summed E-state index contributed by atoms with van der Waals surface area (Å²) in [5.41, 5.74) is 3.52. The van der Waals surface area contributed by atoms with E-state index in [1.54, 1.807) is 0 Å². The molecule has 0 radical (unpaired) electrons. The van der Waals surface area contributed by atoms with Crippen LogP contribution in [-0.4, -0.2) is 20.2 Å². The summed E-state index contributed by atoms with van der Waals surface area (Å²) in [5, 5.41) is 17.8. The number of tetrazole rings is 1. The van der Waals surface area contributed by atoms with Gasteiger partial charge in [0.1, 0.15) is 12.4 Å². The Labute approximate surface area is 176 Å². The third-order valence-corrected chi connectivity index (χ3v) is 5.32. The number of benzene rings is 3. The van der Waals surface area contributed by atoms with E-state index in [9.17, 15) is 0 Å². The zero-order valence-corrected chi connectivity index (χ0v) is 17.5. The highest BCUT2D eigenvalue weighted by atomic mass is 16.5. The zero-order chi connectivity index (χ0) is 20.8. The summed E-state index contributed by atoms with van der Waals surface area (Å²) in [6, 6.07) is 20.8. The maximum atomic E-state index is 6.28. The minimum absolute atomic E-state index is 0.534. The second kappa shape index (κ2) is 9.39. The molecule has 0 spiro atoms. The number of fused-ring (bicyclic) bond motifs is 1. The topological polar surface area (TPSA) is 64.9 Å². The summed E-state index contributed by atoms with van der Waals surface area (Å²) in [6.45, 7) is 6.19. The lowest BCUT2D eigenvalue weighted by Gasteiger charge is -2.16. The quantitative estimate of drug-likeness (QED) is 0.421. The van der Waals surface area contributed by atoms with E-state index in [-0.39, 0.29) is 0 Å². The van der Waals surface area contributed by atoms with Gasteiger partial charge in [0.2, 0.25) is 5.95 Å². The Morgan fingerprint density at radius 2 is 1.83 bits per heavy atom. The van der Waals surface area contributed by atoms with Crippen LogP contribution in [0.3, 0.4) is 0 Å². The highest BCUT2D eigenvalue weighted by Gasteiger charge is 2.12. The number of nitrogens with one attached hydrogen (secondary N) is 1. The molecule has 0 atom stereocenters. The molecule has 0 saturated carbocycles. The first kappa shape index (κ1) is 19.9. The van der Waals surface area contributed by atoms with Crippen LogP contribution >= 0.6 is 0 Å². The predicted octanol–water partition coefficient (Wildman–Crippen LogP) is 5.13. The van der Waals surface area contributed by atoms with Gasteiger partial charge in [-0.25, -0.2) is 4.68 Å². The molecule has 0 saturated heterocycles. The van der Waals surface area contributed by atoms with E-state index in [1.165, 1.54) is 21.9 Å². The fraction of sp³-hybridized carbons (Fsp3) is 0.292. The van der Waals surface area contributed by atoms with Crippen LogP contribution in [-0.2, 0) is 19.7 Å². The third kappa shape index (κ3) is 4.43. The first-order valence-corrected chi connectivity index (χ1v) is 10.4. The van der Waals surface area contributed by atoms with E-state index >= 15 is 0 Å². The van der Waals surface area contributed by atoms with E-state index < -0.39 is 0 Å². The van der Waals surface area contributed by atoms with Crippen LogP contribution in [0.5, 0.6) is 5.75 Å². The molecule has 1 N–H and O–H groups in total. The van der Waals surface area contributed by atoms with Crippen molar-refractivity contribution in [2.75, 3.05) is 5.32 Å². The van der Waals surface area contributed by atoms with Gasteiger partial charge < -0.3 is 10.1 Å². The number of hydrogen-bond donors (Lipinski definition) is 1. The molecule has 0 unspecified atom stereocenters. The Balaban J connectivity index is 1.59.